The highest BCUT2D eigenvalue weighted by Gasteiger charge is 2.39. The Bertz CT molecular complexity index is 408. The highest BCUT2D eigenvalue weighted by molar-refractivity contribution is 7.92. The maximum Gasteiger partial charge on any atom is 0.309 e. The molecule has 1 rings (SSSR count). The fourth-order valence-corrected chi connectivity index (χ4v) is 3.40. The van der Waals surface area contributed by atoms with Gasteiger partial charge in [-0.15, -0.1) is 0 Å². The summed E-state index contributed by atoms with van der Waals surface area (Å²) in [5.74, 6) is -0.555. The van der Waals surface area contributed by atoms with E-state index < -0.39 is 21.2 Å². The molecule has 1 heterocycles. The molecule has 0 spiro atoms. The Kier molecular flexibility index (Phi) is 5.38. The van der Waals surface area contributed by atoms with Crippen molar-refractivity contribution < 1.29 is 18.3 Å². The molecule has 0 radical (unpaired) electrons. The lowest BCUT2D eigenvalue weighted by Crippen LogP contribution is -2.45. The minimum Gasteiger partial charge on any atom is -0.481 e. The van der Waals surface area contributed by atoms with Crippen LogP contribution in [0.5, 0.6) is 0 Å². The van der Waals surface area contributed by atoms with E-state index in [1.54, 1.807) is 13.8 Å². The van der Waals surface area contributed by atoms with Crippen LogP contribution in [-0.2, 0) is 14.6 Å². The van der Waals surface area contributed by atoms with E-state index in [4.69, 9.17) is 0 Å². The molecule has 0 aliphatic carbocycles. The van der Waals surface area contributed by atoms with Crippen LogP contribution in [0.15, 0.2) is 0 Å². The van der Waals surface area contributed by atoms with E-state index in [9.17, 15) is 18.3 Å². The van der Waals surface area contributed by atoms with Crippen LogP contribution in [0.3, 0.4) is 0 Å². The van der Waals surface area contributed by atoms with Crippen LogP contribution in [0.4, 0.5) is 0 Å². The molecule has 0 atom stereocenters. The third-order valence-electron chi connectivity index (χ3n) is 4.35. The van der Waals surface area contributed by atoms with Crippen LogP contribution < -0.4 is 0 Å². The van der Waals surface area contributed by atoms with Gasteiger partial charge in [0.2, 0.25) is 0 Å². The number of hydrogen-bond acceptors (Lipinski definition) is 4. The van der Waals surface area contributed by atoms with Crippen molar-refractivity contribution in [3.8, 4) is 0 Å². The molecule has 1 aliphatic heterocycles. The third-order valence-corrected chi connectivity index (χ3v) is 6.54. The van der Waals surface area contributed by atoms with E-state index in [0.29, 0.717) is 38.9 Å². The normalized spacial score (nSPS) is 20.6. The molecule has 1 N–H and O–H groups in total. The summed E-state index contributed by atoms with van der Waals surface area (Å²) in [5.41, 5.74) is -0.604. The molecule has 0 amide bonds. The van der Waals surface area contributed by atoms with Crippen molar-refractivity contribution in [2.45, 2.75) is 45.3 Å². The molecule has 19 heavy (non-hydrogen) atoms. The van der Waals surface area contributed by atoms with Crippen molar-refractivity contribution in [1.82, 2.24) is 4.90 Å². The van der Waals surface area contributed by atoms with Crippen molar-refractivity contribution in [1.29, 1.82) is 0 Å². The van der Waals surface area contributed by atoms with Crippen LogP contribution in [0.25, 0.3) is 0 Å². The van der Waals surface area contributed by atoms with Crippen LogP contribution >= 0.6 is 0 Å². The monoisotopic (exact) mass is 291 g/mol. The Labute approximate surface area is 115 Å². The summed E-state index contributed by atoms with van der Waals surface area (Å²) in [5, 5.41) is 8.95. The molecule has 0 aromatic heterocycles. The number of piperidine rings is 1. The molecule has 0 aromatic rings. The second kappa shape index (κ2) is 6.22. The Balaban J connectivity index is 2.49. The lowest BCUT2D eigenvalue weighted by Gasteiger charge is -2.38. The molecule has 112 valence electrons. The van der Waals surface area contributed by atoms with Gasteiger partial charge in [-0.05, 0) is 46.2 Å². The number of carboxylic acid groups (broad SMARTS) is 1. The van der Waals surface area contributed by atoms with Gasteiger partial charge in [0.15, 0.2) is 9.84 Å². The van der Waals surface area contributed by atoms with Gasteiger partial charge in [0, 0.05) is 6.54 Å². The minimum absolute atomic E-state index is 0.164. The molecule has 1 aliphatic rings. The van der Waals surface area contributed by atoms with E-state index >= 15 is 0 Å². The van der Waals surface area contributed by atoms with Crippen LogP contribution in [0.1, 0.15) is 40.0 Å². The molecular weight excluding hydrogens is 266 g/mol. The Morgan fingerprint density at radius 1 is 1.32 bits per heavy atom. The van der Waals surface area contributed by atoms with Gasteiger partial charge in [-0.1, -0.05) is 6.92 Å². The molecule has 0 unspecified atom stereocenters. The molecule has 1 saturated heterocycles. The fraction of sp³-hybridized carbons (Fsp3) is 0.923. The Morgan fingerprint density at radius 2 is 1.84 bits per heavy atom. The van der Waals surface area contributed by atoms with Gasteiger partial charge < -0.3 is 10.0 Å². The van der Waals surface area contributed by atoms with Crippen molar-refractivity contribution >= 4 is 15.8 Å². The van der Waals surface area contributed by atoms with Gasteiger partial charge in [0.1, 0.15) is 0 Å². The first-order chi connectivity index (χ1) is 8.73. The molecule has 0 saturated carbocycles. The largest absolute Gasteiger partial charge is 0.481 e. The lowest BCUT2D eigenvalue weighted by atomic mass is 9.76. The highest BCUT2D eigenvalue weighted by Crippen LogP contribution is 2.35. The summed E-state index contributed by atoms with van der Waals surface area (Å²) in [6.07, 6.45) is 1.86. The van der Waals surface area contributed by atoms with E-state index in [-0.39, 0.29) is 11.0 Å². The van der Waals surface area contributed by atoms with Gasteiger partial charge in [0.25, 0.3) is 0 Å². The van der Waals surface area contributed by atoms with Gasteiger partial charge in [-0.2, -0.15) is 0 Å². The van der Waals surface area contributed by atoms with Crippen LogP contribution in [0.2, 0.25) is 0 Å². The van der Waals surface area contributed by atoms with Crippen molar-refractivity contribution in [3.63, 3.8) is 0 Å². The summed E-state index contributed by atoms with van der Waals surface area (Å²) in [7, 11) is -3.01. The minimum atomic E-state index is -3.01. The Morgan fingerprint density at radius 3 is 2.21 bits per heavy atom. The third kappa shape index (κ3) is 3.92. The maximum absolute atomic E-state index is 11.7. The second-order valence-electron chi connectivity index (χ2n) is 5.70. The predicted molar refractivity (Wildman–Crippen MR) is 75.0 cm³/mol. The summed E-state index contributed by atoms with van der Waals surface area (Å²) in [6, 6.07) is 0. The predicted octanol–water partition coefficient (Wildman–Crippen LogP) is 1.39. The maximum atomic E-state index is 11.7. The zero-order chi connectivity index (χ0) is 14.7. The van der Waals surface area contributed by atoms with Gasteiger partial charge in [-0.3, -0.25) is 4.79 Å². The molecule has 6 heteroatoms. The zero-order valence-electron chi connectivity index (χ0n) is 12.1. The number of aliphatic carboxylic acids is 1. The standard InChI is InChI=1S/C13H25NO4S/c1-4-13(12(15)16)5-7-14(8-6-13)9-10-19(17,18)11(2)3/h11H,4-10H2,1-3H3,(H,15,16). The molecular formula is C13H25NO4S. The number of likely N-dealkylation sites (tertiary alicyclic amines) is 1. The van der Waals surface area contributed by atoms with E-state index in [1.165, 1.54) is 0 Å². The van der Waals surface area contributed by atoms with Crippen LogP contribution in [0, 0.1) is 5.41 Å². The number of nitrogens with zero attached hydrogens (tertiary/aromatic N) is 1. The first-order valence-corrected chi connectivity index (χ1v) is 8.62. The fourth-order valence-electron chi connectivity index (χ4n) is 2.42. The SMILES string of the molecule is CCC1(C(=O)O)CCN(CCS(=O)(=O)C(C)C)CC1. The highest BCUT2D eigenvalue weighted by atomic mass is 32.2. The van der Waals surface area contributed by atoms with Crippen molar-refractivity contribution in [2.75, 3.05) is 25.4 Å². The molecule has 0 aromatic carbocycles. The number of carbonyl (C=O) groups is 1. The van der Waals surface area contributed by atoms with Crippen LogP contribution in [-0.4, -0.2) is 55.0 Å². The molecule has 0 bridgehead atoms. The van der Waals surface area contributed by atoms with Gasteiger partial charge in [0.05, 0.1) is 16.4 Å². The molecule has 5 nitrogen and oxygen atoms in total. The lowest BCUT2D eigenvalue weighted by molar-refractivity contribution is -0.152. The van der Waals surface area contributed by atoms with Crippen molar-refractivity contribution in [2.24, 2.45) is 5.41 Å². The number of hydrogen-bond donors (Lipinski definition) is 1. The van der Waals surface area contributed by atoms with E-state index in [1.807, 2.05) is 6.92 Å². The summed E-state index contributed by atoms with van der Waals surface area (Å²) in [6.45, 7) is 7.16. The summed E-state index contributed by atoms with van der Waals surface area (Å²) < 4.78 is 23.5. The summed E-state index contributed by atoms with van der Waals surface area (Å²) >= 11 is 0. The second-order valence-corrected chi connectivity index (χ2v) is 8.37. The topological polar surface area (TPSA) is 74.7 Å². The zero-order valence-corrected chi connectivity index (χ0v) is 12.9. The first kappa shape index (κ1) is 16.4. The van der Waals surface area contributed by atoms with Crippen molar-refractivity contribution in [3.05, 3.63) is 0 Å². The van der Waals surface area contributed by atoms with Gasteiger partial charge >= 0.3 is 5.97 Å². The average molecular weight is 291 g/mol. The number of sulfone groups is 1. The Hall–Kier alpha value is -0.620. The van der Waals surface area contributed by atoms with E-state index in [0.717, 1.165) is 0 Å². The molecule has 1 fully saturated rings. The van der Waals surface area contributed by atoms with Gasteiger partial charge in [-0.25, -0.2) is 8.42 Å². The smallest absolute Gasteiger partial charge is 0.309 e. The quantitative estimate of drug-likeness (QED) is 0.800. The summed E-state index contributed by atoms with van der Waals surface area (Å²) in [4.78, 5) is 13.4. The van der Waals surface area contributed by atoms with E-state index in [2.05, 4.69) is 4.90 Å². The average Bonchev–Trinajstić information content (AvgIpc) is 2.36. The number of carboxylic acids is 1. The first-order valence-electron chi connectivity index (χ1n) is 6.91. The number of rotatable bonds is 6.